The summed E-state index contributed by atoms with van der Waals surface area (Å²) >= 11 is 0. The molecule has 0 saturated carbocycles. The van der Waals surface area contributed by atoms with Crippen molar-refractivity contribution in [3.05, 3.63) is 42.6 Å². The van der Waals surface area contributed by atoms with Gasteiger partial charge in [-0.15, -0.1) is 24.8 Å². The maximum absolute atomic E-state index is 13.0. The number of aromatic nitrogens is 3. The third-order valence-corrected chi connectivity index (χ3v) is 4.65. The molecule has 2 unspecified atom stereocenters. The van der Waals surface area contributed by atoms with Gasteiger partial charge in [0.15, 0.2) is 0 Å². The highest BCUT2D eigenvalue weighted by Crippen LogP contribution is 2.29. The van der Waals surface area contributed by atoms with E-state index in [-0.39, 0.29) is 30.7 Å². The summed E-state index contributed by atoms with van der Waals surface area (Å²) in [6.07, 6.45) is 10.2. The van der Waals surface area contributed by atoms with Gasteiger partial charge in [0.05, 0.1) is 0 Å². The second kappa shape index (κ2) is 7.96. The minimum absolute atomic E-state index is 0. The summed E-state index contributed by atoms with van der Waals surface area (Å²) in [4.78, 5) is 23.4. The summed E-state index contributed by atoms with van der Waals surface area (Å²) in [6, 6.07) is 4.35. The van der Waals surface area contributed by atoms with E-state index in [1.54, 1.807) is 24.8 Å². The van der Waals surface area contributed by atoms with E-state index in [0.717, 1.165) is 38.2 Å². The molecule has 130 valence electrons. The fraction of sp³-hybridized carbons (Fsp3) is 0.438. The highest BCUT2D eigenvalue weighted by molar-refractivity contribution is 5.95. The third kappa shape index (κ3) is 3.41. The quantitative estimate of drug-likeness (QED) is 0.879. The Bertz CT molecular complexity index is 665. The minimum Gasteiger partial charge on any atom is -0.331 e. The smallest absolute Gasteiger partial charge is 0.254 e. The number of imidazole rings is 1. The number of fused-ring (bicyclic) bond motifs is 2. The van der Waals surface area contributed by atoms with E-state index in [2.05, 4.69) is 20.2 Å². The van der Waals surface area contributed by atoms with Crippen LogP contribution in [0.15, 0.2) is 37.1 Å². The highest BCUT2D eigenvalue weighted by atomic mass is 35.5. The fourth-order valence-electron chi connectivity index (χ4n) is 3.55. The van der Waals surface area contributed by atoms with Crippen LogP contribution < -0.4 is 5.32 Å². The average molecular weight is 370 g/mol. The summed E-state index contributed by atoms with van der Waals surface area (Å²) in [6.45, 7) is 1.91. The maximum Gasteiger partial charge on any atom is 0.254 e. The van der Waals surface area contributed by atoms with Crippen molar-refractivity contribution in [2.24, 2.45) is 0 Å². The molecule has 2 atom stereocenters. The minimum atomic E-state index is 0. The van der Waals surface area contributed by atoms with Crippen LogP contribution in [0.5, 0.6) is 0 Å². The number of carbonyl (C=O) groups excluding carboxylic acids is 1. The first-order chi connectivity index (χ1) is 10.8. The van der Waals surface area contributed by atoms with Crippen LogP contribution in [0.2, 0.25) is 0 Å². The lowest BCUT2D eigenvalue weighted by atomic mass is 10.1. The van der Waals surface area contributed by atoms with E-state index >= 15 is 0 Å². The molecule has 1 amide bonds. The fourth-order valence-corrected chi connectivity index (χ4v) is 3.55. The van der Waals surface area contributed by atoms with E-state index in [0.29, 0.717) is 17.6 Å². The number of hydrogen-bond acceptors (Lipinski definition) is 4. The molecular formula is C16H21Cl2N5O. The molecule has 1 N–H and O–H groups in total. The Balaban J connectivity index is 0.00000104. The van der Waals surface area contributed by atoms with Crippen LogP contribution >= 0.6 is 24.8 Å². The zero-order valence-corrected chi connectivity index (χ0v) is 14.8. The van der Waals surface area contributed by atoms with E-state index in [9.17, 15) is 4.79 Å². The zero-order chi connectivity index (χ0) is 14.9. The number of amides is 1. The number of halogens is 2. The Hall–Kier alpha value is -1.63. The second-order valence-electron chi connectivity index (χ2n) is 5.96. The van der Waals surface area contributed by atoms with Crippen molar-refractivity contribution in [1.82, 2.24) is 24.8 Å². The molecule has 2 aromatic heterocycles. The number of pyridine rings is 1. The molecule has 4 rings (SSSR count). The van der Waals surface area contributed by atoms with Gasteiger partial charge >= 0.3 is 0 Å². The largest absolute Gasteiger partial charge is 0.331 e. The number of hydrogen-bond donors (Lipinski definition) is 1. The molecule has 2 fully saturated rings. The van der Waals surface area contributed by atoms with Crippen molar-refractivity contribution < 1.29 is 4.79 Å². The van der Waals surface area contributed by atoms with Gasteiger partial charge in [-0.2, -0.15) is 0 Å². The summed E-state index contributed by atoms with van der Waals surface area (Å²) in [7, 11) is 0. The van der Waals surface area contributed by atoms with Crippen LogP contribution in [0.3, 0.4) is 0 Å². The summed E-state index contributed by atoms with van der Waals surface area (Å²) in [5, 5.41) is 3.43. The van der Waals surface area contributed by atoms with Crippen LogP contribution in [0.4, 0.5) is 0 Å². The second-order valence-corrected chi connectivity index (χ2v) is 5.96. The summed E-state index contributed by atoms with van der Waals surface area (Å²) in [5.41, 5.74) is 0.706. The van der Waals surface area contributed by atoms with Crippen molar-refractivity contribution in [2.75, 3.05) is 13.1 Å². The van der Waals surface area contributed by atoms with Crippen LogP contribution in [-0.4, -0.2) is 50.5 Å². The standard InChI is InChI=1S/C16H19N5O.2ClH/c22-16(21-13-1-2-14(21)10-17-5-4-13)12-3-6-19-15(9-12)20-8-7-18-11-20;;/h3,6-9,11,13-14,17H,1-2,4-5,10H2;2*1H. The molecule has 8 heteroatoms. The molecular weight excluding hydrogens is 349 g/mol. The molecule has 0 spiro atoms. The molecule has 0 aliphatic carbocycles. The van der Waals surface area contributed by atoms with Crippen LogP contribution in [-0.2, 0) is 0 Å². The predicted octanol–water partition coefficient (Wildman–Crippen LogP) is 2.08. The summed E-state index contributed by atoms with van der Waals surface area (Å²) in [5.74, 6) is 0.851. The number of rotatable bonds is 2. The Labute approximate surface area is 153 Å². The Morgan fingerprint density at radius 2 is 2.00 bits per heavy atom. The van der Waals surface area contributed by atoms with Gasteiger partial charge in [-0.1, -0.05) is 0 Å². The van der Waals surface area contributed by atoms with Gasteiger partial charge in [0.2, 0.25) is 0 Å². The first-order valence-corrected chi connectivity index (χ1v) is 7.81. The predicted molar refractivity (Wildman–Crippen MR) is 96.3 cm³/mol. The van der Waals surface area contributed by atoms with Crippen molar-refractivity contribution in [2.45, 2.75) is 31.3 Å². The van der Waals surface area contributed by atoms with E-state index in [1.807, 2.05) is 16.8 Å². The molecule has 2 aromatic rings. The molecule has 24 heavy (non-hydrogen) atoms. The van der Waals surface area contributed by atoms with Gasteiger partial charge in [0, 0.05) is 42.8 Å². The first kappa shape index (κ1) is 18.7. The lowest BCUT2D eigenvalue weighted by molar-refractivity contribution is 0.0680. The van der Waals surface area contributed by atoms with Gasteiger partial charge in [-0.25, -0.2) is 9.97 Å². The first-order valence-electron chi connectivity index (χ1n) is 7.81. The maximum atomic E-state index is 13.0. The van der Waals surface area contributed by atoms with Gasteiger partial charge in [-0.05, 0) is 37.9 Å². The molecule has 0 aromatic carbocycles. The number of nitrogens with zero attached hydrogens (tertiary/aromatic N) is 4. The molecule has 4 heterocycles. The van der Waals surface area contributed by atoms with E-state index in [1.165, 1.54) is 0 Å². The lowest BCUT2D eigenvalue weighted by Gasteiger charge is -2.28. The van der Waals surface area contributed by atoms with Crippen molar-refractivity contribution in [3.8, 4) is 5.82 Å². The van der Waals surface area contributed by atoms with Crippen LogP contribution in [0.25, 0.3) is 5.82 Å². The monoisotopic (exact) mass is 369 g/mol. The van der Waals surface area contributed by atoms with Crippen molar-refractivity contribution in [1.29, 1.82) is 0 Å². The average Bonchev–Trinajstić information content (AvgIpc) is 3.14. The van der Waals surface area contributed by atoms with Gasteiger partial charge in [0.25, 0.3) is 5.91 Å². The lowest BCUT2D eigenvalue weighted by Crippen LogP contribution is -2.42. The van der Waals surface area contributed by atoms with Crippen molar-refractivity contribution in [3.63, 3.8) is 0 Å². The highest BCUT2D eigenvalue weighted by Gasteiger charge is 2.38. The number of nitrogens with one attached hydrogen (secondary N) is 1. The van der Waals surface area contributed by atoms with Crippen LogP contribution in [0, 0.1) is 0 Å². The molecule has 2 aliphatic rings. The molecule has 0 radical (unpaired) electrons. The Morgan fingerprint density at radius 1 is 1.17 bits per heavy atom. The van der Waals surface area contributed by atoms with Crippen LogP contribution in [0.1, 0.15) is 29.6 Å². The van der Waals surface area contributed by atoms with Gasteiger partial charge in [0.1, 0.15) is 12.1 Å². The molecule has 2 bridgehead atoms. The van der Waals surface area contributed by atoms with Crippen molar-refractivity contribution >= 4 is 30.7 Å². The zero-order valence-electron chi connectivity index (χ0n) is 13.2. The normalized spacial score (nSPS) is 22.2. The Kier molecular flexibility index (Phi) is 6.21. The SMILES string of the molecule is Cl.Cl.O=C(c1ccnc(-n2ccnc2)c1)N1C2CCNCC1CC2. The van der Waals surface area contributed by atoms with E-state index < -0.39 is 0 Å². The molecule has 2 saturated heterocycles. The molecule has 2 aliphatic heterocycles. The van der Waals surface area contributed by atoms with Gasteiger partial charge in [-0.3, -0.25) is 9.36 Å². The molecule has 6 nitrogen and oxygen atoms in total. The number of carbonyl (C=O) groups is 1. The topological polar surface area (TPSA) is 63.1 Å². The third-order valence-electron chi connectivity index (χ3n) is 4.65. The Morgan fingerprint density at radius 3 is 2.79 bits per heavy atom. The summed E-state index contributed by atoms with van der Waals surface area (Å²) < 4.78 is 1.81. The van der Waals surface area contributed by atoms with Gasteiger partial charge < -0.3 is 10.2 Å². The van der Waals surface area contributed by atoms with E-state index in [4.69, 9.17) is 0 Å².